The lowest BCUT2D eigenvalue weighted by atomic mass is 9.78. The molecule has 0 spiro atoms. The number of hydrogen-bond donors (Lipinski definition) is 0. The summed E-state index contributed by atoms with van der Waals surface area (Å²) in [5, 5.41) is 17.4. The second-order valence-electron chi connectivity index (χ2n) is 2.77. The molecule has 0 saturated carbocycles. The van der Waals surface area contributed by atoms with Gasteiger partial charge in [0, 0.05) is 5.57 Å². The fourth-order valence-electron chi connectivity index (χ4n) is 1.03. The van der Waals surface area contributed by atoms with Gasteiger partial charge < -0.3 is 0 Å². The Labute approximate surface area is 66.1 Å². The van der Waals surface area contributed by atoms with Crippen LogP contribution in [0.15, 0.2) is 23.8 Å². The Bertz CT molecular complexity index is 299. The van der Waals surface area contributed by atoms with Gasteiger partial charge in [0.25, 0.3) is 0 Å². The van der Waals surface area contributed by atoms with Crippen LogP contribution in [-0.2, 0) is 0 Å². The van der Waals surface area contributed by atoms with E-state index in [-0.39, 0.29) is 0 Å². The van der Waals surface area contributed by atoms with Crippen LogP contribution >= 0.6 is 0 Å². The standard InChI is InChI=1S/C9H8N2/c1-9(7-11)5-3-2-4-8(9)6-10/h2-4H,5H2,1H3. The van der Waals surface area contributed by atoms with Crippen molar-refractivity contribution < 1.29 is 0 Å². The quantitative estimate of drug-likeness (QED) is 0.521. The second kappa shape index (κ2) is 2.60. The molecule has 0 amide bonds. The van der Waals surface area contributed by atoms with Crippen LogP contribution in [0.4, 0.5) is 0 Å². The van der Waals surface area contributed by atoms with Gasteiger partial charge in [0.1, 0.15) is 0 Å². The highest BCUT2D eigenvalue weighted by molar-refractivity contribution is 5.40. The summed E-state index contributed by atoms with van der Waals surface area (Å²) in [5.74, 6) is 0. The summed E-state index contributed by atoms with van der Waals surface area (Å²) in [6.45, 7) is 1.78. The molecule has 1 aliphatic rings. The van der Waals surface area contributed by atoms with Crippen molar-refractivity contribution in [1.82, 2.24) is 0 Å². The first-order valence-corrected chi connectivity index (χ1v) is 3.41. The van der Waals surface area contributed by atoms with Crippen LogP contribution in [0.3, 0.4) is 0 Å². The maximum atomic E-state index is 8.78. The van der Waals surface area contributed by atoms with Gasteiger partial charge in [0.2, 0.25) is 0 Å². The van der Waals surface area contributed by atoms with E-state index < -0.39 is 5.41 Å². The van der Waals surface area contributed by atoms with Crippen LogP contribution in [0.1, 0.15) is 13.3 Å². The predicted molar refractivity (Wildman–Crippen MR) is 41.2 cm³/mol. The smallest absolute Gasteiger partial charge is 0.0964 e. The maximum Gasteiger partial charge on any atom is 0.0964 e. The van der Waals surface area contributed by atoms with Gasteiger partial charge in [-0.1, -0.05) is 12.2 Å². The maximum absolute atomic E-state index is 8.78. The fraction of sp³-hybridized carbons (Fsp3) is 0.333. The summed E-state index contributed by atoms with van der Waals surface area (Å²) in [5.41, 5.74) is -0.0359. The Morgan fingerprint density at radius 2 is 2.27 bits per heavy atom. The molecule has 0 radical (unpaired) electrons. The molecule has 0 fully saturated rings. The first kappa shape index (κ1) is 7.57. The molecule has 0 heterocycles. The molecule has 11 heavy (non-hydrogen) atoms. The van der Waals surface area contributed by atoms with Crippen LogP contribution in [0.5, 0.6) is 0 Å². The van der Waals surface area contributed by atoms with E-state index in [0.717, 1.165) is 0 Å². The Morgan fingerprint density at radius 3 is 2.73 bits per heavy atom. The molecule has 0 aromatic heterocycles. The minimum atomic E-state index is -0.594. The van der Waals surface area contributed by atoms with E-state index in [0.29, 0.717) is 12.0 Å². The number of rotatable bonds is 0. The molecule has 1 aliphatic carbocycles. The van der Waals surface area contributed by atoms with Gasteiger partial charge in [0.15, 0.2) is 0 Å². The van der Waals surface area contributed by atoms with Crippen LogP contribution in [0, 0.1) is 28.1 Å². The summed E-state index contributed by atoms with van der Waals surface area (Å²) in [6, 6.07) is 4.17. The third kappa shape index (κ3) is 1.16. The van der Waals surface area contributed by atoms with E-state index in [4.69, 9.17) is 10.5 Å². The summed E-state index contributed by atoms with van der Waals surface area (Å²) < 4.78 is 0. The van der Waals surface area contributed by atoms with Crippen molar-refractivity contribution in [2.24, 2.45) is 5.41 Å². The van der Waals surface area contributed by atoms with E-state index in [2.05, 4.69) is 6.07 Å². The highest BCUT2D eigenvalue weighted by Gasteiger charge is 2.28. The molecule has 0 N–H and O–H groups in total. The summed E-state index contributed by atoms with van der Waals surface area (Å²) in [6.07, 6.45) is 6.07. The number of allylic oxidation sites excluding steroid dienone is 4. The largest absolute Gasteiger partial charge is 0.197 e. The highest BCUT2D eigenvalue weighted by atomic mass is 14.4. The minimum absolute atomic E-state index is 0.558. The Kier molecular flexibility index (Phi) is 1.79. The first-order valence-electron chi connectivity index (χ1n) is 3.41. The molecule has 1 atom stereocenters. The van der Waals surface area contributed by atoms with Crippen molar-refractivity contribution >= 4 is 0 Å². The van der Waals surface area contributed by atoms with Gasteiger partial charge in [-0.3, -0.25) is 0 Å². The van der Waals surface area contributed by atoms with Crippen molar-refractivity contribution in [3.63, 3.8) is 0 Å². The monoisotopic (exact) mass is 144 g/mol. The summed E-state index contributed by atoms with van der Waals surface area (Å²) in [7, 11) is 0. The molecule has 54 valence electrons. The SMILES string of the molecule is CC1(C#N)CC=CC=C1C#N. The third-order valence-corrected chi connectivity index (χ3v) is 1.89. The molecule has 0 aromatic rings. The predicted octanol–water partition coefficient (Wildman–Crippen LogP) is 1.93. The minimum Gasteiger partial charge on any atom is -0.197 e. The number of nitrogens with zero attached hydrogens (tertiary/aromatic N) is 2. The normalized spacial score (nSPS) is 28.5. The van der Waals surface area contributed by atoms with E-state index in [9.17, 15) is 0 Å². The topological polar surface area (TPSA) is 47.6 Å². The summed E-state index contributed by atoms with van der Waals surface area (Å²) >= 11 is 0. The van der Waals surface area contributed by atoms with E-state index in [1.807, 2.05) is 18.2 Å². The zero-order valence-electron chi connectivity index (χ0n) is 6.33. The second-order valence-corrected chi connectivity index (χ2v) is 2.77. The lowest BCUT2D eigenvalue weighted by molar-refractivity contribution is 0.548. The average molecular weight is 144 g/mol. The Balaban J connectivity index is 3.06. The molecule has 1 rings (SSSR count). The zero-order valence-corrected chi connectivity index (χ0v) is 6.33. The summed E-state index contributed by atoms with van der Waals surface area (Å²) in [4.78, 5) is 0. The molecular formula is C9H8N2. The van der Waals surface area contributed by atoms with Crippen LogP contribution in [0.2, 0.25) is 0 Å². The van der Waals surface area contributed by atoms with E-state index in [1.54, 1.807) is 13.0 Å². The molecule has 0 aromatic carbocycles. The highest BCUT2D eigenvalue weighted by Crippen LogP contribution is 2.32. The van der Waals surface area contributed by atoms with Gasteiger partial charge in [-0.15, -0.1) is 0 Å². The third-order valence-electron chi connectivity index (χ3n) is 1.89. The zero-order chi connectivity index (χ0) is 8.32. The van der Waals surface area contributed by atoms with Gasteiger partial charge in [-0.25, -0.2) is 0 Å². The van der Waals surface area contributed by atoms with Crippen LogP contribution in [0.25, 0.3) is 0 Å². The molecule has 0 bridgehead atoms. The molecule has 2 nitrogen and oxygen atoms in total. The Morgan fingerprint density at radius 1 is 1.55 bits per heavy atom. The molecule has 1 unspecified atom stereocenters. The Hall–Kier alpha value is -1.54. The number of nitriles is 2. The lowest BCUT2D eigenvalue weighted by Gasteiger charge is -2.20. The van der Waals surface area contributed by atoms with Crippen molar-refractivity contribution in [2.75, 3.05) is 0 Å². The first-order chi connectivity index (χ1) is 5.23. The molecular weight excluding hydrogens is 136 g/mol. The fourth-order valence-corrected chi connectivity index (χ4v) is 1.03. The molecule has 2 heteroatoms. The van der Waals surface area contributed by atoms with E-state index >= 15 is 0 Å². The van der Waals surface area contributed by atoms with Crippen molar-refractivity contribution in [3.05, 3.63) is 23.8 Å². The average Bonchev–Trinajstić information content (AvgIpc) is 2.05. The number of hydrogen-bond acceptors (Lipinski definition) is 2. The van der Waals surface area contributed by atoms with Gasteiger partial charge in [0.05, 0.1) is 17.6 Å². The van der Waals surface area contributed by atoms with Gasteiger partial charge in [-0.05, 0) is 19.4 Å². The molecule has 0 saturated heterocycles. The molecule has 0 aliphatic heterocycles. The van der Waals surface area contributed by atoms with Crippen LogP contribution < -0.4 is 0 Å². The van der Waals surface area contributed by atoms with Gasteiger partial charge in [-0.2, -0.15) is 10.5 Å². The lowest BCUT2D eigenvalue weighted by Crippen LogP contribution is -2.16. The van der Waals surface area contributed by atoms with Crippen molar-refractivity contribution in [2.45, 2.75) is 13.3 Å². The van der Waals surface area contributed by atoms with E-state index in [1.165, 1.54) is 0 Å². The van der Waals surface area contributed by atoms with Crippen molar-refractivity contribution in [3.8, 4) is 12.1 Å². The van der Waals surface area contributed by atoms with Crippen LogP contribution in [-0.4, -0.2) is 0 Å². The van der Waals surface area contributed by atoms with Crippen molar-refractivity contribution in [1.29, 1.82) is 10.5 Å². The van der Waals surface area contributed by atoms with Gasteiger partial charge >= 0.3 is 0 Å².